The van der Waals surface area contributed by atoms with Crippen molar-refractivity contribution in [1.82, 2.24) is 0 Å². The van der Waals surface area contributed by atoms with Gasteiger partial charge in [-0.3, -0.25) is 0 Å². The Balaban J connectivity index is 2.09. The largest absolute Gasteiger partial charge is 0.633 e. The minimum Gasteiger partial charge on any atom is -0.402 e. The predicted molar refractivity (Wildman–Crippen MR) is 105 cm³/mol. The Hall–Kier alpha value is -2.40. The van der Waals surface area contributed by atoms with Gasteiger partial charge in [-0.1, -0.05) is 91.0 Å². The molecule has 0 bridgehead atoms. The van der Waals surface area contributed by atoms with Crippen LogP contribution < -0.4 is 0 Å². The summed E-state index contributed by atoms with van der Waals surface area (Å²) < 4.78 is 4.96. The number of hydrogen-bond donors (Lipinski definition) is 2. The Kier molecular flexibility index (Phi) is 6.23. The minimum atomic E-state index is -1.73. The van der Waals surface area contributed by atoms with Crippen LogP contribution >= 0.6 is 0 Å². The lowest BCUT2D eigenvalue weighted by atomic mass is 9.67. The lowest BCUT2D eigenvalue weighted by molar-refractivity contribution is 0.179. The zero-order valence-corrected chi connectivity index (χ0v) is 14.7. The summed E-state index contributed by atoms with van der Waals surface area (Å²) in [5, 5.41) is 17.9. The topological polar surface area (TPSA) is 49.7 Å². The maximum Gasteiger partial charge on any atom is 0.633 e. The maximum atomic E-state index is 8.97. The van der Waals surface area contributed by atoms with Crippen molar-refractivity contribution in [2.75, 3.05) is 6.61 Å². The first kappa shape index (κ1) is 18.4. The Bertz CT molecular complexity index is 680. The molecule has 0 aromatic heterocycles. The third-order valence-corrected chi connectivity index (χ3v) is 4.76. The molecule has 0 saturated carbocycles. The van der Waals surface area contributed by atoms with Gasteiger partial charge in [0.15, 0.2) is 0 Å². The van der Waals surface area contributed by atoms with Gasteiger partial charge < -0.3 is 14.7 Å². The molecular formula is C22H23BO3. The Morgan fingerprint density at radius 1 is 0.654 bits per heavy atom. The maximum absolute atomic E-state index is 8.97. The molecule has 0 unspecified atom stereocenters. The quantitative estimate of drug-likeness (QED) is 0.371. The van der Waals surface area contributed by atoms with Crippen LogP contribution in [0.15, 0.2) is 91.0 Å². The average Bonchev–Trinajstić information content (AvgIpc) is 2.70. The number of benzene rings is 3. The summed E-state index contributed by atoms with van der Waals surface area (Å²) >= 11 is 0. The molecule has 3 aromatic rings. The number of rotatable bonds is 8. The highest BCUT2D eigenvalue weighted by Gasteiger charge is 2.35. The molecule has 4 heteroatoms. The van der Waals surface area contributed by atoms with E-state index in [1.54, 1.807) is 0 Å². The molecule has 0 aliphatic rings. The van der Waals surface area contributed by atoms with E-state index in [2.05, 4.69) is 72.8 Å². The van der Waals surface area contributed by atoms with Crippen molar-refractivity contribution >= 4 is 7.32 Å². The first-order valence-corrected chi connectivity index (χ1v) is 8.88. The second kappa shape index (κ2) is 8.81. The molecule has 2 N–H and O–H groups in total. The summed E-state index contributed by atoms with van der Waals surface area (Å²) in [6.07, 6.45) is 1.48. The van der Waals surface area contributed by atoms with Gasteiger partial charge in [-0.15, -0.1) is 0 Å². The third-order valence-electron chi connectivity index (χ3n) is 4.76. The van der Waals surface area contributed by atoms with E-state index in [-0.39, 0.29) is 12.0 Å². The number of hydrogen-bond acceptors (Lipinski definition) is 3. The Morgan fingerprint density at radius 3 is 1.38 bits per heavy atom. The first-order chi connectivity index (χ1) is 12.7. The van der Waals surface area contributed by atoms with Crippen LogP contribution in [-0.4, -0.2) is 24.0 Å². The second-order valence-corrected chi connectivity index (χ2v) is 6.30. The van der Waals surface area contributed by atoms with Gasteiger partial charge in [0.1, 0.15) is 0 Å². The predicted octanol–water partition coefficient (Wildman–Crippen LogP) is 3.79. The summed E-state index contributed by atoms with van der Waals surface area (Å²) in [5.74, 6) is 0. The van der Waals surface area contributed by atoms with E-state index >= 15 is 0 Å². The lowest BCUT2D eigenvalue weighted by Crippen LogP contribution is -2.30. The zero-order valence-electron chi connectivity index (χ0n) is 14.7. The molecule has 3 rings (SSSR count). The van der Waals surface area contributed by atoms with E-state index in [1.807, 2.05) is 18.2 Å². The van der Waals surface area contributed by atoms with Crippen LogP contribution in [-0.2, 0) is 10.1 Å². The van der Waals surface area contributed by atoms with Crippen LogP contribution in [0, 0.1) is 0 Å². The Morgan fingerprint density at radius 2 is 1.04 bits per heavy atom. The highest BCUT2D eigenvalue weighted by Crippen LogP contribution is 2.42. The van der Waals surface area contributed by atoms with Crippen LogP contribution in [0.1, 0.15) is 29.5 Å². The van der Waals surface area contributed by atoms with Crippen molar-refractivity contribution in [3.63, 3.8) is 0 Å². The van der Waals surface area contributed by atoms with Crippen LogP contribution in [0.3, 0.4) is 0 Å². The summed E-state index contributed by atoms with van der Waals surface area (Å²) in [6.45, 7) is 0.284. The molecule has 0 aliphatic heterocycles. The van der Waals surface area contributed by atoms with E-state index in [1.165, 1.54) is 16.7 Å². The summed E-state index contributed by atoms with van der Waals surface area (Å²) in [4.78, 5) is 0. The smallest absolute Gasteiger partial charge is 0.402 e. The van der Waals surface area contributed by atoms with Gasteiger partial charge in [-0.05, 0) is 29.5 Å². The molecular weight excluding hydrogens is 323 g/mol. The molecule has 3 aromatic carbocycles. The van der Waals surface area contributed by atoms with Crippen molar-refractivity contribution in [1.29, 1.82) is 0 Å². The van der Waals surface area contributed by atoms with Crippen molar-refractivity contribution in [3.8, 4) is 0 Å². The van der Waals surface area contributed by atoms with E-state index in [9.17, 15) is 0 Å². The third kappa shape index (κ3) is 4.05. The van der Waals surface area contributed by atoms with E-state index in [0.29, 0.717) is 6.42 Å². The molecule has 0 radical (unpaired) electrons. The van der Waals surface area contributed by atoms with E-state index in [0.717, 1.165) is 6.42 Å². The average molecular weight is 346 g/mol. The SMILES string of the molecule is OB(O)OCCCC(c1ccccc1)(c1ccccc1)c1ccccc1. The molecule has 26 heavy (non-hydrogen) atoms. The molecule has 0 atom stereocenters. The standard InChI is InChI=1S/C22H23BO3/c24-23(25)26-18-10-17-22(19-11-4-1-5-12-19,20-13-6-2-7-14-20)21-15-8-3-9-16-21/h1-9,11-16,24-25H,10,17-18H2. The molecule has 0 saturated heterocycles. The van der Waals surface area contributed by atoms with Crippen LogP contribution in [0.25, 0.3) is 0 Å². The summed E-state index contributed by atoms with van der Waals surface area (Å²) in [6, 6.07) is 31.4. The minimum absolute atomic E-state index is 0.284. The van der Waals surface area contributed by atoms with Crippen LogP contribution in [0.4, 0.5) is 0 Å². The lowest BCUT2D eigenvalue weighted by Gasteiger charge is -2.36. The van der Waals surface area contributed by atoms with Crippen molar-refractivity contribution in [3.05, 3.63) is 108 Å². The van der Waals surface area contributed by atoms with Crippen molar-refractivity contribution in [2.24, 2.45) is 0 Å². The van der Waals surface area contributed by atoms with E-state index in [4.69, 9.17) is 14.7 Å². The summed E-state index contributed by atoms with van der Waals surface area (Å²) in [7, 11) is -1.73. The zero-order chi connectivity index (χ0) is 18.2. The van der Waals surface area contributed by atoms with Gasteiger partial charge in [0.2, 0.25) is 0 Å². The van der Waals surface area contributed by atoms with Gasteiger partial charge in [0, 0.05) is 12.0 Å². The van der Waals surface area contributed by atoms with Crippen LogP contribution in [0.2, 0.25) is 0 Å². The Labute approximate surface area is 155 Å². The molecule has 0 aliphatic carbocycles. The second-order valence-electron chi connectivity index (χ2n) is 6.30. The molecule has 0 heterocycles. The molecule has 0 spiro atoms. The van der Waals surface area contributed by atoms with E-state index < -0.39 is 7.32 Å². The van der Waals surface area contributed by atoms with Crippen LogP contribution in [0.5, 0.6) is 0 Å². The van der Waals surface area contributed by atoms with Gasteiger partial charge in [0.05, 0.1) is 0 Å². The highest BCUT2D eigenvalue weighted by atomic mass is 16.6. The molecule has 0 amide bonds. The van der Waals surface area contributed by atoms with Gasteiger partial charge in [0.25, 0.3) is 0 Å². The monoisotopic (exact) mass is 346 g/mol. The first-order valence-electron chi connectivity index (χ1n) is 8.88. The molecule has 0 fully saturated rings. The fourth-order valence-corrected chi connectivity index (χ4v) is 3.63. The highest BCUT2D eigenvalue weighted by molar-refractivity contribution is 6.32. The van der Waals surface area contributed by atoms with Gasteiger partial charge in [-0.25, -0.2) is 0 Å². The normalized spacial score (nSPS) is 11.3. The van der Waals surface area contributed by atoms with Gasteiger partial charge in [-0.2, -0.15) is 0 Å². The van der Waals surface area contributed by atoms with Gasteiger partial charge >= 0.3 is 7.32 Å². The molecule has 132 valence electrons. The van der Waals surface area contributed by atoms with Crippen molar-refractivity contribution in [2.45, 2.75) is 18.3 Å². The fourth-order valence-electron chi connectivity index (χ4n) is 3.63. The summed E-state index contributed by atoms with van der Waals surface area (Å²) in [5.41, 5.74) is 3.30. The molecule has 3 nitrogen and oxygen atoms in total. The van der Waals surface area contributed by atoms with Crippen molar-refractivity contribution < 1.29 is 14.7 Å². The fraction of sp³-hybridized carbons (Fsp3) is 0.182.